The van der Waals surface area contributed by atoms with Crippen LogP contribution in [0.25, 0.3) is 44.5 Å². The zero-order valence-corrected chi connectivity index (χ0v) is 37.0. The smallest absolute Gasteiger partial charge is 0.0760 e. The average Bonchev–Trinajstić information content (AvgIpc) is 3.81. The van der Waals surface area contributed by atoms with Gasteiger partial charge in [0, 0.05) is 22.2 Å². The number of benzene rings is 10. The summed E-state index contributed by atoms with van der Waals surface area (Å²) in [6.45, 7) is 4.80. The molecule has 3 aliphatic rings. The lowest BCUT2D eigenvalue weighted by Crippen LogP contribution is -2.36. The molecule has 312 valence electrons. The first-order valence-electron chi connectivity index (χ1n) is 23.1. The Bertz CT molecular complexity index is 3480. The monoisotopic (exact) mass is 842 g/mol. The first kappa shape index (κ1) is 38.3. The van der Waals surface area contributed by atoms with Crippen LogP contribution < -0.4 is 9.80 Å². The Balaban J connectivity index is 1.13. The fraction of sp³-hybridized carbons (Fsp3) is 0.0625. The fourth-order valence-electron chi connectivity index (χ4n) is 12.1. The molecule has 2 heteroatoms. The van der Waals surface area contributed by atoms with E-state index in [9.17, 15) is 0 Å². The predicted octanol–water partition coefficient (Wildman–Crippen LogP) is 16.9. The van der Waals surface area contributed by atoms with Crippen LogP contribution in [0.3, 0.4) is 0 Å². The first-order chi connectivity index (χ1) is 32.6. The summed E-state index contributed by atoms with van der Waals surface area (Å²) in [4.78, 5) is 5.04. The van der Waals surface area contributed by atoms with E-state index >= 15 is 0 Å². The zero-order valence-electron chi connectivity index (χ0n) is 37.0. The Kier molecular flexibility index (Phi) is 8.51. The molecule has 0 saturated heterocycles. The van der Waals surface area contributed by atoms with Gasteiger partial charge in [-0.1, -0.05) is 214 Å². The maximum atomic E-state index is 2.58. The van der Waals surface area contributed by atoms with Crippen LogP contribution in [0.15, 0.2) is 243 Å². The van der Waals surface area contributed by atoms with E-state index < -0.39 is 5.41 Å². The predicted molar refractivity (Wildman–Crippen MR) is 275 cm³/mol. The lowest BCUT2D eigenvalue weighted by atomic mass is 9.63. The molecule has 0 unspecified atom stereocenters. The van der Waals surface area contributed by atoms with Crippen LogP contribution in [-0.2, 0) is 10.8 Å². The van der Waals surface area contributed by atoms with Crippen LogP contribution >= 0.6 is 0 Å². The van der Waals surface area contributed by atoms with Crippen molar-refractivity contribution < 1.29 is 0 Å². The van der Waals surface area contributed by atoms with Gasteiger partial charge in [0.25, 0.3) is 0 Å². The molecule has 0 radical (unpaired) electrons. The van der Waals surface area contributed by atoms with Crippen molar-refractivity contribution in [1.29, 1.82) is 0 Å². The van der Waals surface area contributed by atoms with Crippen molar-refractivity contribution in [3.63, 3.8) is 0 Å². The van der Waals surface area contributed by atoms with Crippen molar-refractivity contribution in [2.24, 2.45) is 0 Å². The van der Waals surface area contributed by atoms with Crippen molar-refractivity contribution in [1.82, 2.24) is 0 Å². The summed E-state index contributed by atoms with van der Waals surface area (Å²) in [5.41, 5.74) is 23.8. The number of fused-ring (bicyclic) bond motifs is 12. The van der Waals surface area contributed by atoms with E-state index in [0.29, 0.717) is 0 Å². The number of anilines is 6. The molecule has 0 saturated carbocycles. The molecular weight excluding hydrogens is 797 g/mol. The molecule has 2 aliphatic carbocycles. The van der Waals surface area contributed by atoms with Gasteiger partial charge in [-0.3, -0.25) is 0 Å². The molecule has 0 fully saturated rings. The van der Waals surface area contributed by atoms with E-state index in [0.717, 1.165) is 17.1 Å². The largest absolute Gasteiger partial charge is 0.310 e. The minimum absolute atomic E-state index is 0.253. The van der Waals surface area contributed by atoms with E-state index in [-0.39, 0.29) is 5.41 Å². The third-order valence-electron chi connectivity index (χ3n) is 14.6. The molecule has 2 nitrogen and oxygen atoms in total. The second-order valence-corrected chi connectivity index (χ2v) is 18.3. The highest BCUT2D eigenvalue weighted by atomic mass is 15.2. The topological polar surface area (TPSA) is 6.48 Å². The van der Waals surface area contributed by atoms with Gasteiger partial charge in [0.05, 0.1) is 33.9 Å². The van der Waals surface area contributed by atoms with E-state index in [4.69, 9.17) is 0 Å². The summed E-state index contributed by atoms with van der Waals surface area (Å²) in [6, 6.07) is 90.1. The Morgan fingerprint density at radius 3 is 1.36 bits per heavy atom. The van der Waals surface area contributed by atoms with Crippen molar-refractivity contribution in [3.8, 4) is 44.5 Å². The number of hydrogen-bond acceptors (Lipinski definition) is 2. The van der Waals surface area contributed by atoms with Crippen LogP contribution in [0.5, 0.6) is 0 Å². The van der Waals surface area contributed by atoms with Crippen LogP contribution in [0.2, 0.25) is 0 Å². The number of rotatable bonds is 6. The lowest BCUT2D eigenvalue weighted by molar-refractivity contribution is 0.661. The van der Waals surface area contributed by atoms with Gasteiger partial charge in [-0.25, -0.2) is 0 Å². The molecule has 0 atom stereocenters. The summed E-state index contributed by atoms with van der Waals surface area (Å²) in [5.74, 6) is 0. The standard InChI is InChI=1S/C64H46N2/c1-63(2)52-34-13-9-28-46(52)50-33-22-42-60(62(50)63)66(56-38-17-11-27-45(56)43-23-5-3-6-24-43)57-39-18-12-30-48(57)51-32-21-31-49-47-29-10-14-35-53(47)64(61(49)51)54-36-15-19-40-58(54)65(44-25-7-4-8-26-44)59-41-20-16-37-55(59)64/h3-42H,1-2H3. The Hall–Kier alpha value is -8.20. The highest BCUT2D eigenvalue weighted by molar-refractivity contribution is 6.03. The van der Waals surface area contributed by atoms with Crippen LogP contribution in [-0.4, -0.2) is 0 Å². The molecule has 1 spiro atoms. The summed E-state index contributed by atoms with van der Waals surface area (Å²) < 4.78 is 0. The second-order valence-electron chi connectivity index (χ2n) is 18.3. The Labute approximate surface area is 387 Å². The molecule has 0 amide bonds. The van der Waals surface area contributed by atoms with Crippen molar-refractivity contribution in [3.05, 3.63) is 276 Å². The second kappa shape index (κ2) is 14.7. The minimum atomic E-state index is -0.626. The number of nitrogens with zero attached hydrogens (tertiary/aromatic N) is 2. The van der Waals surface area contributed by atoms with Gasteiger partial charge < -0.3 is 9.80 Å². The molecule has 0 N–H and O–H groups in total. The van der Waals surface area contributed by atoms with Crippen molar-refractivity contribution in [2.75, 3.05) is 9.80 Å². The highest BCUT2D eigenvalue weighted by Gasteiger charge is 2.53. The highest BCUT2D eigenvalue weighted by Crippen LogP contribution is 2.66. The molecule has 13 rings (SSSR count). The van der Waals surface area contributed by atoms with E-state index in [2.05, 4.69) is 266 Å². The van der Waals surface area contributed by atoms with Gasteiger partial charge >= 0.3 is 0 Å². The number of hydrogen-bond donors (Lipinski definition) is 0. The third-order valence-corrected chi connectivity index (χ3v) is 14.6. The number of para-hydroxylation sites is 5. The van der Waals surface area contributed by atoms with E-state index in [1.165, 1.54) is 95.0 Å². The van der Waals surface area contributed by atoms with Gasteiger partial charge in [-0.15, -0.1) is 0 Å². The SMILES string of the molecule is CC1(C)c2ccccc2-c2cccc(N(c3ccccc3-c3ccccc3)c3ccccc3-c3cccc4c3C3(c5ccccc5-4)c4ccccc4N(c4ccccc4)c4ccccc43)c21. The summed E-state index contributed by atoms with van der Waals surface area (Å²) in [7, 11) is 0. The minimum Gasteiger partial charge on any atom is -0.310 e. The quantitative estimate of drug-likeness (QED) is 0.165. The average molecular weight is 843 g/mol. The lowest BCUT2D eigenvalue weighted by Gasteiger charge is -2.45. The van der Waals surface area contributed by atoms with Crippen LogP contribution in [0.1, 0.15) is 47.2 Å². The molecule has 10 aromatic rings. The molecule has 1 aliphatic heterocycles. The van der Waals surface area contributed by atoms with Gasteiger partial charge in [0.2, 0.25) is 0 Å². The zero-order chi connectivity index (χ0) is 44.0. The summed E-state index contributed by atoms with van der Waals surface area (Å²) in [6.07, 6.45) is 0. The van der Waals surface area contributed by atoms with Crippen LogP contribution in [0, 0.1) is 0 Å². The summed E-state index contributed by atoms with van der Waals surface area (Å²) in [5, 5.41) is 0. The maximum absolute atomic E-state index is 2.58. The third kappa shape index (κ3) is 5.30. The van der Waals surface area contributed by atoms with E-state index in [1.54, 1.807) is 0 Å². The van der Waals surface area contributed by atoms with Gasteiger partial charge in [-0.2, -0.15) is 0 Å². The molecule has 0 bridgehead atoms. The molecular formula is C64H46N2. The summed E-state index contributed by atoms with van der Waals surface area (Å²) >= 11 is 0. The first-order valence-corrected chi connectivity index (χ1v) is 23.1. The molecule has 1 heterocycles. The van der Waals surface area contributed by atoms with Crippen molar-refractivity contribution >= 4 is 34.1 Å². The van der Waals surface area contributed by atoms with Gasteiger partial charge in [-0.05, 0) is 109 Å². The maximum Gasteiger partial charge on any atom is 0.0760 e. The molecule has 10 aromatic carbocycles. The van der Waals surface area contributed by atoms with Crippen molar-refractivity contribution in [2.45, 2.75) is 24.7 Å². The fourth-order valence-corrected chi connectivity index (χ4v) is 12.1. The Morgan fingerprint density at radius 1 is 0.303 bits per heavy atom. The van der Waals surface area contributed by atoms with Gasteiger partial charge in [0.1, 0.15) is 0 Å². The van der Waals surface area contributed by atoms with E-state index in [1.807, 2.05) is 0 Å². The Morgan fingerprint density at radius 2 is 0.712 bits per heavy atom. The molecule has 0 aromatic heterocycles. The van der Waals surface area contributed by atoms with Crippen LogP contribution in [0.4, 0.5) is 34.1 Å². The molecule has 66 heavy (non-hydrogen) atoms. The van der Waals surface area contributed by atoms with Gasteiger partial charge in [0.15, 0.2) is 0 Å². The normalized spacial score (nSPS) is 14.1.